The Bertz CT molecular complexity index is 636. The number of hydrogen-bond acceptors (Lipinski definition) is 2. The number of halogens is 1. The van der Waals surface area contributed by atoms with Crippen LogP contribution in [0.1, 0.15) is 43.2 Å². The molecule has 21 heavy (non-hydrogen) atoms. The molecule has 4 atom stereocenters. The number of aryl methyl sites for hydroxylation is 1. The molecule has 0 N–H and O–H groups in total. The van der Waals surface area contributed by atoms with E-state index in [0.29, 0.717) is 23.5 Å². The molecule has 0 radical (unpaired) electrons. The molecule has 1 aromatic carbocycles. The Morgan fingerprint density at radius 3 is 3.00 bits per heavy atom. The van der Waals surface area contributed by atoms with Gasteiger partial charge in [-0.2, -0.15) is 0 Å². The van der Waals surface area contributed by atoms with Gasteiger partial charge in [-0.1, -0.05) is 19.1 Å². The monoisotopic (exact) mass is 394 g/mol. The van der Waals surface area contributed by atoms with Gasteiger partial charge in [-0.25, -0.2) is 0 Å². The molecular weight excluding hydrogens is 375 g/mol. The zero-order valence-corrected chi connectivity index (χ0v) is 14.3. The predicted octanol–water partition coefficient (Wildman–Crippen LogP) is 4.62. The van der Waals surface area contributed by atoms with Crippen LogP contribution in [0, 0.1) is 17.3 Å². The van der Waals surface area contributed by atoms with Crippen molar-refractivity contribution in [3.63, 3.8) is 0 Å². The van der Waals surface area contributed by atoms with E-state index in [1.54, 1.807) is 0 Å². The van der Waals surface area contributed by atoms with Gasteiger partial charge in [0.25, 0.3) is 0 Å². The second kappa shape index (κ2) is 4.83. The van der Waals surface area contributed by atoms with E-state index in [1.807, 2.05) is 29.1 Å². The van der Waals surface area contributed by atoms with Gasteiger partial charge in [0.05, 0.1) is 0 Å². The van der Waals surface area contributed by atoms with Gasteiger partial charge in [-0.3, -0.25) is 4.79 Å². The minimum absolute atomic E-state index is 0.121. The van der Waals surface area contributed by atoms with Gasteiger partial charge in [-0.15, -0.1) is 0 Å². The van der Waals surface area contributed by atoms with Crippen molar-refractivity contribution < 1.29 is 7.86 Å². The molecule has 1 saturated carbocycles. The third kappa shape index (κ3) is 1.92. The summed E-state index contributed by atoms with van der Waals surface area (Å²) in [4.78, 5) is 12.2. The first kappa shape index (κ1) is 13.8. The van der Waals surface area contributed by atoms with E-state index in [1.165, 1.54) is 17.5 Å². The fourth-order valence-corrected chi connectivity index (χ4v) is 5.15. The van der Waals surface area contributed by atoms with Gasteiger partial charge >= 0.3 is 0 Å². The highest BCUT2D eigenvalue weighted by molar-refractivity contribution is 14.1. The van der Waals surface area contributed by atoms with Gasteiger partial charge in [-0.05, 0) is 72.8 Å². The summed E-state index contributed by atoms with van der Waals surface area (Å²) in [6.07, 6.45) is 8.51. The van der Waals surface area contributed by atoms with E-state index in [4.69, 9.17) is 3.07 Å². The summed E-state index contributed by atoms with van der Waals surface area (Å²) < 4.78 is 5.33. The summed E-state index contributed by atoms with van der Waals surface area (Å²) in [6, 6.07) is 6.53. The van der Waals surface area contributed by atoms with Gasteiger partial charge in [0, 0.05) is 5.41 Å². The average Bonchev–Trinajstić information content (AvgIpc) is 2.82. The van der Waals surface area contributed by atoms with Crippen LogP contribution in [0.15, 0.2) is 30.4 Å². The first-order valence-corrected chi connectivity index (χ1v) is 8.65. The zero-order chi connectivity index (χ0) is 14.6. The predicted molar refractivity (Wildman–Crippen MR) is 90.6 cm³/mol. The second-order valence-electron chi connectivity index (χ2n) is 6.95. The maximum atomic E-state index is 12.2. The number of carbonyl (C=O) groups excluding carboxylic acids is 1. The number of ketones is 1. The molecule has 0 heterocycles. The molecule has 1 aromatic rings. The second-order valence-corrected chi connectivity index (χ2v) is 7.39. The average molecular weight is 394 g/mol. The van der Waals surface area contributed by atoms with E-state index in [0.717, 1.165) is 25.0 Å². The molecule has 3 aliphatic carbocycles. The Morgan fingerprint density at radius 1 is 1.33 bits per heavy atom. The number of benzene rings is 1. The highest BCUT2D eigenvalue weighted by Crippen LogP contribution is 2.57. The normalized spacial score (nSPS) is 36.9. The number of allylic oxidation sites excluding steroid dienone is 2. The summed E-state index contributed by atoms with van der Waals surface area (Å²) in [5.74, 6) is 2.99. The quantitative estimate of drug-likeness (QED) is 0.650. The maximum absolute atomic E-state index is 12.2. The Morgan fingerprint density at radius 2 is 2.19 bits per heavy atom. The Balaban J connectivity index is 1.72. The number of rotatable bonds is 1. The van der Waals surface area contributed by atoms with Gasteiger partial charge in [0.1, 0.15) is 5.75 Å². The molecule has 1 fully saturated rings. The topological polar surface area (TPSA) is 26.3 Å². The molecule has 0 amide bonds. The van der Waals surface area contributed by atoms with Crippen molar-refractivity contribution in [3.8, 4) is 5.75 Å². The van der Waals surface area contributed by atoms with E-state index in [9.17, 15) is 4.79 Å². The van der Waals surface area contributed by atoms with Crippen LogP contribution >= 0.6 is 23.0 Å². The molecule has 0 aliphatic heterocycles. The SMILES string of the molecule is C[C@]12CC[C@@H]3c4ccc(OI)cc4CC[C@H]3[C@@H]1C=CC2=O. The van der Waals surface area contributed by atoms with Crippen LogP contribution in [-0.4, -0.2) is 5.78 Å². The van der Waals surface area contributed by atoms with Crippen LogP contribution in [0.5, 0.6) is 5.75 Å². The van der Waals surface area contributed by atoms with E-state index in [2.05, 4.69) is 31.2 Å². The van der Waals surface area contributed by atoms with Gasteiger partial charge in [0.2, 0.25) is 0 Å². The van der Waals surface area contributed by atoms with Crippen molar-refractivity contribution in [1.29, 1.82) is 0 Å². The van der Waals surface area contributed by atoms with Crippen LogP contribution in [0.25, 0.3) is 0 Å². The summed E-state index contributed by atoms with van der Waals surface area (Å²) >= 11 is 1.94. The lowest BCUT2D eigenvalue weighted by Crippen LogP contribution is -2.42. The lowest BCUT2D eigenvalue weighted by atomic mass is 9.55. The van der Waals surface area contributed by atoms with Crippen LogP contribution in [0.3, 0.4) is 0 Å². The third-order valence-electron chi connectivity index (χ3n) is 6.06. The van der Waals surface area contributed by atoms with Crippen LogP contribution in [-0.2, 0) is 11.2 Å². The molecule has 0 spiro atoms. The number of carbonyl (C=O) groups is 1. The molecule has 3 aliphatic rings. The van der Waals surface area contributed by atoms with Crippen molar-refractivity contribution in [3.05, 3.63) is 41.5 Å². The number of fused-ring (bicyclic) bond motifs is 5. The van der Waals surface area contributed by atoms with Crippen LogP contribution in [0.4, 0.5) is 0 Å². The molecule has 0 saturated heterocycles. The van der Waals surface area contributed by atoms with Crippen molar-refractivity contribution >= 4 is 28.8 Å². The molecule has 0 aromatic heterocycles. The third-order valence-corrected chi connectivity index (χ3v) is 6.56. The van der Waals surface area contributed by atoms with E-state index < -0.39 is 0 Å². The van der Waals surface area contributed by atoms with Crippen LogP contribution < -0.4 is 3.07 Å². The van der Waals surface area contributed by atoms with E-state index >= 15 is 0 Å². The minimum Gasteiger partial charge on any atom is -0.428 e. The Labute approximate surface area is 139 Å². The molecular formula is C18H19IO2. The van der Waals surface area contributed by atoms with Crippen LogP contribution in [0.2, 0.25) is 0 Å². The molecule has 2 nitrogen and oxygen atoms in total. The molecule has 0 bridgehead atoms. The molecule has 3 heteroatoms. The van der Waals surface area contributed by atoms with E-state index in [-0.39, 0.29) is 5.41 Å². The lowest BCUT2D eigenvalue weighted by Gasteiger charge is -2.48. The summed E-state index contributed by atoms with van der Waals surface area (Å²) in [6.45, 7) is 2.18. The largest absolute Gasteiger partial charge is 0.428 e. The Hall–Kier alpha value is -0.840. The highest BCUT2D eigenvalue weighted by atomic mass is 127. The summed E-state index contributed by atoms with van der Waals surface area (Å²) in [5.41, 5.74) is 2.82. The summed E-state index contributed by atoms with van der Waals surface area (Å²) in [5, 5.41) is 0. The molecule has 110 valence electrons. The fraction of sp³-hybridized carbons (Fsp3) is 0.500. The van der Waals surface area contributed by atoms with Gasteiger partial charge < -0.3 is 3.07 Å². The standard InChI is InChI=1S/C18H19IO2/c1-18-9-8-14-13-5-3-12(21-19)10-11(13)2-4-15(14)16(18)6-7-17(18)20/h3,5-7,10,14-16H,2,4,8-9H2,1H3/t14-,15-,16+,18+/m1/s1. The van der Waals surface area contributed by atoms with Crippen molar-refractivity contribution in [2.45, 2.75) is 38.5 Å². The maximum Gasteiger partial charge on any atom is 0.192 e. The first-order valence-electron chi connectivity index (χ1n) is 7.77. The first-order chi connectivity index (χ1) is 10.1. The Kier molecular flexibility index (Phi) is 3.18. The van der Waals surface area contributed by atoms with Crippen molar-refractivity contribution in [1.82, 2.24) is 0 Å². The molecule has 0 unspecified atom stereocenters. The fourth-order valence-electron chi connectivity index (χ4n) is 4.88. The van der Waals surface area contributed by atoms with Gasteiger partial charge in [0.15, 0.2) is 28.8 Å². The molecule has 4 rings (SSSR count). The minimum atomic E-state index is -0.121. The lowest BCUT2D eigenvalue weighted by molar-refractivity contribution is -0.126. The zero-order valence-electron chi connectivity index (χ0n) is 12.1. The highest BCUT2D eigenvalue weighted by Gasteiger charge is 2.52. The number of hydrogen-bond donors (Lipinski definition) is 0. The van der Waals surface area contributed by atoms with Crippen molar-refractivity contribution in [2.24, 2.45) is 17.3 Å². The summed E-state index contributed by atoms with van der Waals surface area (Å²) in [7, 11) is 0. The van der Waals surface area contributed by atoms with Crippen molar-refractivity contribution in [2.75, 3.05) is 0 Å². The smallest absolute Gasteiger partial charge is 0.192 e.